The Morgan fingerprint density at radius 1 is 1.33 bits per heavy atom. The Balaban J connectivity index is 1.92. The van der Waals surface area contributed by atoms with Crippen molar-refractivity contribution in [2.24, 2.45) is 7.05 Å². The minimum absolute atomic E-state index is 0.105. The van der Waals surface area contributed by atoms with E-state index in [1.165, 1.54) is 10.6 Å². The summed E-state index contributed by atoms with van der Waals surface area (Å²) in [7, 11) is 0.483. The van der Waals surface area contributed by atoms with Crippen molar-refractivity contribution in [3.8, 4) is 0 Å². The lowest BCUT2D eigenvalue weighted by molar-refractivity contribution is 0.0448. The molecule has 0 radical (unpaired) electrons. The van der Waals surface area contributed by atoms with E-state index < -0.39 is 8.07 Å². The average Bonchev–Trinajstić information content (AvgIpc) is 2.72. The summed E-state index contributed by atoms with van der Waals surface area (Å²) in [5, 5.41) is 0.359. The second-order valence-electron chi connectivity index (χ2n) is 7.80. The van der Waals surface area contributed by atoms with Gasteiger partial charge in [0.15, 0.2) is 5.65 Å². The van der Waals surface area contributed by atoms with Gasteiger partial charge in [-0.1, -0.05) is 33.9 Å². The van der Waals surface area contributed by atoms with Gasteiger partial charge in [0.1, 0.15) is 4.60 Å². The molecule has 8 heteroatoms. The van der Waals surface area contributed by atoms with Gasteiger partial charge in [0, 0.05) is 19.2 Å². The molecule has 0 unspecified atom stereocenters. The van der Waals surface area contributed by atoms with Crippen molar-refractivity contribution < 1.29 is 4.84 Å². The van der Waals surface area contributed by atoms with Gasteiger partial charge in [0.05, 0.1) is 26.9 Å². The topological polar surface area (TPSA) is 60.6 Å². The standard InChI is InChI=1S/C16H27BrN4O2Si/c1-16(2,3)24(5,6)8-7-23-18-11-12-9-15(22)21-14(19-12)10-13(17)20(21)4/h9-10,18H,7-8,11H2,1-6H3. The third kappa shape index (κ3) is 4.16. The van der Waals surface area contributed by atoms with Gasteiger partial charge in [-0.25, -0.2) is 4.98 Å². The number of aryl methyl sites for hydroxylation is 1. The number of halogens is 1. The van der Waals surface area contributed by atoms with Gasteiger partial charge in [0.2, 0.25) is 0 Å². The van der Waals surface area contributed by atoms with Crippen molar-refractivity contribution in [1.29, 1.82) is 0 Å². The summed E-state index contributed by atoms with van der Waals surface area (Å²) < 4.78 is 4.05. The SMILES string of the molecule is Cn1c(Br)cc2nc(CNOCC[Si](C)(C)C(C)(C)C)cc(=O)n21. The molecular formula is C16H27BrN4O2Si. The molecule has 0 amide bonds. The summed E-state index contributed by atoms with van der Waals surface area (Å²) in [6, 6.07) is 4.44. The number of rotatable bonds is 6. The Morgan fingerprint density at radius 3 is 2.62 bits per heavy atom. The average molecular weight is 415 g/mol. The number of hydrogen-bond donors (Lipinski definition) is 1. The summed E-state index contributed by atoms with van der Waals surface area (Å²) in [6.07, 6.45) is 0. The van der Waals surface area contributed by atoms with Crippen LogP contribution in [0.4, 0.5) is 0 Å². The normalized spacial score (nSPS) is 13.0. The molecule has 0 atom stereocenters. The smallest absolute Gasteiger partial charge is 0.273 e. The molecule has 0 aliphatic carbocycles. The van der Waals surface area contributed by atoms with Crippen LogP contribution < -0.4 is 11.0 Å². The third-order valence-corrected chi connectivity index (χ3v) is 11.3. The number of hydroxylamine groups is 1. The number of nitrogens with one attached hydrogen (secondary N) is 1. The number of fused-ring (bicyclic) bond motifs is 1. The highest BCUT2D eigenvalue weighted by Gasteiger charge is 2.34. The van der Waals surface area contributed by atoms with E-state index in [-0.39, 0.29) is 5.56 Å². The summed E-state index contributed by atoms with van der Waals surface area (Å²) >= 11 is 3.40. The molecule has 0 aliphatic heterocycles. The molecule has 6 nitrogen and oxygen atoms in total. The molecule has 0 aromatic carbocycles. The van der Waals surface area contributed by atoms with Gasteiger partial charge < -0.3 is 4.84 Å². The van der Waals surface area contributed by atoms with E-state index in [2.05, 4.69) is 60.3 Å². The van der Waals surface area contributed by atoms with Crippen molar-refractivity contribution in [1.82, 2.24) is 19.7 Å². The molecule has 2 aromatic rings. The van der Waals surface area contributed by atoms with Crippen LogP contribution in [-0.4, -0.2) is 28.9 Å². The Bertz CT molecular complexity index is 777. The lowest BCUT2D eigenvalue weighted by atomic mass is 10.2. The highest BCUT2D eigenvalue weighted by molar-refractivity contribution is 9.10. The molecule has 1 N–H and O–H groups in total. The zero-order valence-electron chi connectivity index (χ0n) is 15.3. The van der Waals surface area contributed by atoms with Crippen molar-refractivity contribution in [3.63, 3.8) is 0 Å². The van der Waals surface area contributed by atoms with Crippen LogP contribution in [0.3, 0.4) is 0 Å². The van der Waals surface area contributed by atoms with Crippen molar-refractivity contribution in [3.05, 3.63) is 32.8 Å². The quantitative estimate of drug-likeness (QED) is 0.447. The molecule has 0 aliphatic rings. The van der Waals surface area contributed by atoms with E-state index in [9.17, 15) is 4.79 Å². The fourth-order valence-corrected chi connectivity index (χ4v) is 3.93. The largest absolute Gasteiger partial charge is 0.302 e. The van der Waals surface area contributed by atoms with E-state index in [1.54, 1.807) is 4.68 Å². The maximum atomic E-state index is 12.2. The van der Waals surface area contributed by atoms with Gasteiger partial charge in [-0.3, -0.25) is 9.48 Å². The molecule has 134 valence electrons. The zero-order valence-corrected chi connectivity index (χ0v) is 17.9. The summed E-state index contributed by atoms with van der Waals surface area (Å²) in [4.78, 5) is 22.2. The first-order valence-electron chi connectivity index (χ1n) is 8.12. The second-order valence-corrected chi connectivity index (χ2v) is 14.4. The first-order valence-corrected chi connectivity index (χ1v) is 12.1. The van der Waals surface area contributed by atoms with Crippen LogP contribution in [0, 0.1) is 0 Å². The number of aromatic nitrogens is 3. The molecule has 0 bridgehead atoms. The number of hydrogen-bond acceptors (Lipinski definition) is 4. The summed E-state index contributed by atoms with van der Waals surface area (Å²) in [6.45, 7) is 12.8. The van der Waals surface area contributed by atoms with E-state index in [0.29, 0.717) is 29.5 Å². The molecule has 2 rings (SSSR count). The van der Waals surface area contributed by atoms with E-state index in [0.717, 1.165) is 10.6 Å². The van der Waals surface area contributed by atoms with Crippen LogP contribution in [0.5, 0.6) is 0 Å². The lowest BCUT2D eigenvalue weighted by Gasteiger charge is -2.36. The van der Waals surface area contributed by atoms with Crippen LogP contribution in [0.2, 0.25) is 24.2 Å². The van der Waals surface area contributed by atoms with E-state index in [1.807, 2.05) is 13.1 Å². The van der Waals surface area contributed by atoms with Crippen LogP contribution in [0.25, 0.3) is 5.65 Å². The molecule has 0 fully saturated rings. The van der Waals surface area contributed by atoms with Gasteiger partial charge in [0.25, 0.3) is 5.56 Å². The fourth-order valence-electron chi connectivity index (χ4n) is 2.20. The Hall–Kier alpha value is -0.963. The Morgan fingerprint density at radius 2 is 2.00 bits per heavy atom. The predicted octanol–water partition coefficient (Wildman–Crippen LogP) is 3.33. The highest BCUT2D eigenvalue weighted by Crippen LogP contribution is 2.38. The minimum Gasteiger partial charge on any atom is -0.302 e. The third-order valence-electron chi connectivity index (χ3n) is 5.05. The lowest BCUT2D eigenvalue weighted by Crippen LogP contribution is -2.38. The maximum Gasteiger partial charge on any atom is 0.273 e. The van der Waals surface area contributed by atoms with Crippen LogP contribution in [-0.2, 0) is 18.4 Å². The van der Waals surface area contributed by atoms with Gasteiger partial charge in [-0.15, -0.1) is 0 Å². The molecule has 2 aromatic heterocycles. The molecular weight excluding hydrogens is 388 g/mol. The van der Waals surface area contributed by atoms with Crippen LogP contribution in [0.1, 0.15) is 26.5 Å². The van der Waals surface area contributed by atoms with Gasteiger partial charge >= 0.3 is 0 Å². The van der Waals surface area contributed by atoms with Crippen LogP contribution >= 0.6 is 15.9 Å². The van der Waals surface area contributed by atoms with Gasteiger partial charge in [-0.2, -0.15) is 10.00 Å². The number of nitrogens with zero attached hydrogens (tertiary/aromatic N) is 3. The first-order chi connectivity index (χ1) is 11.0. The van der Waals surface area contributed by atoms with Crippen molar-refractivity contribution in [2.45, 2.75) is 51.5 Å². The summed E-state index contributed by atoms with van der Waals surface area (Å²) in [5.74, 6) is 0. The predicted molar refractivity (Wildman–Crippen MR) is 103 cm³/mol. The minimum atomic E-state index is -1.32. The second kappa shape index (κ2) is 7.11. The fraction of sp³-hybridized carbons (Fsp3) is 0.625. The Labute approximate surface area is 152 Å². The van der Waals surface area contributed by atoms with Gasteiger partial charge in [-0.05, 0) is 27.0 Å². The summed E-state index contributed by atoms with van der Waals surface area (Å²) in [5.41, 5.74) is 4.12. The monoisotopic (exact) mass is 414 g/mol. The molecule has 24 heavy (non-hydrogen) atoms. The van der Waals surface area contributed by atoms with Crippen molar-refractivity contribution in [2.75, 3.05) is 6.61 Å². The molecule has 0 saturated carbocycles. The van der Waals surface area contributed by atoms with Crippen LogP contribution in [0.15, 0.2) is 21.5 Å². The first kappa shape index (κ1) is 19.4. The molecule has 2 heterocycles. The highest BCUT2D eigenvalue weighted by atomic mass is 79.9. The van der Waals surface area contributed by atoms with E-state index >= 15 is 0 Å². The maximum absolute atomic E-state index is 12.2. The Kier molecular flexibility index (Phi) is 5.74. The molecule has 0 saturated heterocycles. The van der Waals surface area contributed by atoms with Crippen molar-refractivity contribution >= 4 is 29.7 Å². The molecule has 0 spiro atoms. The van der Waals surface area contributed by atoms with E-state index in [4.69, 9.17) is 4.84 Å². The zero-order chi connectivity index (χ0) is 18.1.